The van der Waals surface area contributed by atoms with Crippen LogP contribution in [0.2, 0.25) is 0 Å². The molecule has 100 valence electrons. The third kappa shape index (κ3) is 2.75. The zero-order chi connectivity index (χ0) is 13.4. The Hall–Kier alpha value is -0.360. The summed E-state index contributed by atoms with van der Waals surface area (Å²) >= 11 is 8.78. The van der Waals surface area contributed by atoms with Crippen molar-refractivity contribution in [1.82, 2.24) is 5.32 Å². The van der Waals surface area contributed by atoms with Gasteiger partial charge in [-0.25, -0.2) is 0 Å². The van der Waals surface area contributed by atoms with E-state index in [0.29, 0.717) is 6.04 Å². The lowest BCUT2D eigenvalue weighted by molar-refractivity contribution is 0.157. The van der Waals surface area contributed by atoms with Gasteiger partial charge in [-0.15, -0.1) is 11.3 Å². The number of hydrogen-bond donors (Lipinski definition) is 1. The normalized spacial score (nSPS) is 21.8. The minimum absolute atomic E-state index is 0.127. The molecule has 1 aromatic carbocycles. The number of thiophene rings is 1. The minimum Gasteiger partial charge on any atom is -0.484 e. The smallest absolute Gasteiger partial charge is 0.135 e. The predicted molar refractivity (Wildman–Crippen MR) is 85.9 cm³/mol. The zero-order valence-corrected chi connectivity index (χ0v) is 14.3. The van der Waals surface area contributed by atoms with Crippen molar-refractivity contribution in [3.8, 4) is 5.75 Å². The second-order valence-corrected chi connectivity index (χ2v) is 7.92. The SMILES string of the molecule is CNC1CC(c2ccc(Br)s2)Oc2ccc(Br)cc21. The molecule has 0 spiro atoms. The molecule has 0 saturated heterocycles. The lowest BCUT2D eigenvalue weighted by atomic mass is 9.96. The van der Waals surface area contributed by atoms with Crippen molar-refractivity contribution < 1.29 is 4.74 Å². The predicted octanol–water partition coefficient (Wildman–Crippen LogP) is 5.06. The largest absolute Gasteiger partial charge is 0.484 e. The van der Waals surface area contributed by atoms with Crippen molar-refractivity contribution in [3.63, 3.8) is 0 Å². The van der Waals surface area contributed by atoms with E-state index in [9.17, 15) is 0 Å². The van der Waals surface area contributed by atoms with Crippen molar-refractivity contribution >= 4 is 43.2 Å². The first-order chi connectivity index (χ1) is 9.17. The molecule has 19 heavy (non-hydrogen) atoms. The van der Waals surface area contributed by atoms with Gasteiger partial charge in [0.15, 0.2) is 0 Å². The van der Waals surface area contributed by atoms with Crippen molar-refractivity contribution in [2.45, 2.75) is 18.6 Å². The summed E-state index contributed by atoms with van der Waals surface area (Å²) in [4.78, 5) is 1.26. The summed E-state index contributed by atoms with van der Waals surface area (Å²) in [6.45, 7) is 0. The number of halogens is 2. The highest BCUT2D eigenvalue weighted by Crippen LogP contribution is 2.43. The van der Waals surface area contributed by atoms with E-state index in [-0.39, 0.29) is 6.10 Å². The molecule has 0 radical (unpaired) electrons. The third-order valence-corrected chi connectivity index (χ3v) is 5.53. The Morgan fingerprint density at radius 2 is 2.11 bits per heavy atom. The first kappa shape index (κ1) is 13.6. The average molecular weight is 403 g/mol. The van der Waals surface area contributed by atoms with Crippen LogP contribution in [0.25, 0.3) is 0 Å². The molecule has 0 saturated carbocycles. The van der Waals surface area contributed by atoms with Crippen LogP contribution in [-0.2, 0) is 0 Å². The quantitative estimate of drug-likeness (QED) is 0.758. The molecule has 3 rings (SSSR count). The van der Waals surface area contributed by atoms with Gasteiger partial charge < -0.3 is 10.1 Å². The number of fused-ring (bicyclic) bond motifs is 1. The van der Waals surface area contributed by atoms with E-state index in [1.165, 1.54) is 10.4 Å². The fourth-order valence-corrected chi connectivity index (χ4v) is 4.24. The van der Waals surface area contributed by atoms with Gasteiger partial charge in [-0.3, -0.25) is 0 Å². The van der Waals surface area contributed by atoms with E-state index in [2.05, 4.69) is 55.4 Å². The maximum atomic E-state index is 6.15. The van der Waals surface area contributed by atoms with Crippen molar-refractivity contribution in [2.24, 2.45) is 0 Å². The lowest BCUT2D eigenvalue weighted by Crippen LogP contribution is -2.26. The third-order valence-electron chi connectivity index (χ3n) is 3.33. The van der Waals surface area contributed by atoms with E-state index in [1.54, 1.807) is 11.3 Å². The summed E-state index contributed by atoms with van der Waals surface area (Å²) in [7, 11) is 2.00. The minimum atomic E-state index is 0.127. The highest BCUT2D eigenvalue weighted by molar-refractivity contribution is 9.11. The molecule has 1 aromatic heterocycles. The van der Waals surface area contributed by atoms with E-state index in [1.807, 2.05) is 19.2 Å². The molecule has 1 aliphatic heterocycles. The maximum Gasteiger partial charge on any atom is 0.135 e. The van der Waals surface area contributed by atoms with Gasteiger partial charge in [-0.2, -0.15) is 0 Å². The molecule has 2 atom stereocenters. The molecule has 2 unspecified atom stereocenters. The topological polar surface area (TPSA) is 21.3 Å². The van der Waals surface area contributed by atoms with Crippen LogP contribution < -0.4 is 10.1 Å². The molecule has 2 aromatic rings. The van der Waals surface area contributed by atoms with Gasteiger partial charge in [-0.05, 0) is 53.3 Å². The van der Waals surface area contributed by atoms with Gasteiger partial charge in [0.2, 0.25) is 0 Å². The number of hydrogen-bond acceptors (Lipinski definition) is 3. The number of ether oxygens (including phenoxy) is 1. The van der Waals surface area contributed by atoms with Gasteiger partial charge in [0.1, 0.15) is 11.9 Å². The van der Waals surface area contributed by atoms with Gasteiger partial charge in [0, 0.05) is 27.4 Å². The summed E-state index contributed by atoms with van der Waals surface area (Å²) in [5, 5.41) is 3.39. The molecular formula is C14H13Br2NOS. The summed E-state index contributed by atoms with van der Waals surface area (Å²) in [6.07, 6.45) is 1.08. The van der Waals surface area contributed by atoms with Crippen LogP contribution >= 0.6 is 43.2 Å². The Morgan fingerprint density at radius 1 is 1.26 bits per heavy atom. The molecule has 1 aliphatic rings. The average Bonchev–Trinajstić information content (AvgIpc) is 2.84. The molecule has 5 heteroatoms. The molecule has 2 heterocycles. The highest BCUT2D eigenvalue weighted by Gasteiger charge is 2.29. The molecule has 0 aliphatic carbocycles. The summed E-state index contributed by atoms with van der Waals surface area (Å²) < 4.78 is 8.38. The van der Waals surface area contributed by atoms with E-state index < -0.39 is 0 Å². The fourth-order valence-electron chi connectivity index (χ4n) is 2.39. The fraction of sp³-hybridized carbons (Fsp3) is 0.286. The van der Waals surface area contributed by atoms with Crippen LogP contribution in [0.4, 0.5) is 0 Å². The monoisotopic (exact) mass is 401 g/mol. The standard InChI is InChI=1S/C14H13Br2NOS/c1-17-10-7-12(13-4-5-14(16)19-13)18-11-3-2-8(15)6-9(10)11/h2-6,10,12,17H,7H2,1H3. The van der Waals surface area contributed by atoms with Crippen LogP contribution in [0.1, 0.15) is 29.0 Å². The zero-order valence-electron chi connectivity index (χ0n) is 10.3. The molecular weight excluding hydrogens is 390 g/mol. The Labute approximate surface area is 133 Å². The first-order valence-corrected chi connectivity index (χ1v) is 8.46. The number of rotatable bonds is 2. The van der Waals surface area contributed by atoms with Gasteiger partial charge in [-0.1, -0.05) is 15.9 Å². The molecule has 1 N–H and O–H groups in total. The summed E-state index contributed by atoms with van der Waals surface area (Å²) in [5.41, 5.74) is 1.23. The van der Waals surface area contributed by atoms with Crippen molar-refractivity contribution in [1.29, 1.82) is 0 Å². The Kier molecular flexibility index (Phi) is 3.98. The van der Waals surface area contributed by atoms with Crippen molar-refractivity contribution in [3.05, 3.63) is 49.0 Å². The Bertz CT molecular complexity index is 599. The Balaban J connectivity index is 1.95. The van der Waals surface area contributed by atoms with E-state index in [0.717, 1.165) is 20.4 Å². The van der Waals surface area contributed by atoms with Crippen LogP contribution in [0.15, 0.2) is 38.6 Å². The van der Waals surface area contributed by atoms with Gasteiger partial charge >= 0.3 is 0 Å². The van der Waals surface area contributed by atoms with E-state index >= 15 is 0 Å². The first-order valence-electron chi connectivity index (χ1n) is 6.06. The van der Waals surface area contributed by atoms with Crippen LogP contribution in [0.5, 0.6) is 5.75 Å². The van der Waals surface area contributed by atoms with Gasteiger partial charge in [0.05, 0.1) is 3.79 Å². The number of nitrogens with one attached hydrogen (secondary N) is 1. The summed E-state index contributed by atoms with van der Waals surface area (Å²) in [5.74, 6) is 0.975. The van der Waals surface area contributed by atoms with Crippen LogP contribution in [0.3, 0.4) is 0 Å². The molecule has 2 nitrogen and oxygen atoms in total. The molecule has 0 bridgehead atoms. The van der Waals surface area contributed by atoms with Crippen LogP contribution in [-0.4, -0.2) is 7.05 Å². The van der Waals surface area contributed by atoms with E-state index in [4.69, 9.17) is 4.74 Å². The highest BCUT2D eigenvalue weighted by atomic mass is 79.9. The van der Waals surface area contributed by atoms with Gasteiger partial charge in [0.25, 0.3) is 0 Å². The molecule has 0 fully saturated rings. The molecule has 0 amide bonds. The second kappa shape index (κ2) is 5.56. The summed E-state index contributed by atoms with van der Waals surface area (Å²) in [6, 6.07) is 10.7. The lowest BCUT2D eigenvalue weighted by Gasteiger charge is -2.31. The number of benzene rings is 1. The maximum absolute atomic E-state index is 6.15. The Morgan fingerprint density at radius 3 is 2.79 bits per heavy atom. The van der Waals surface area contributed by atoms with Crippen molar-refractivity contribution in [2.75, 3.05) is 7.05 Å². The second-order valence-electron chi connectivity index (χ2n) is 4.51. The van der Waals surface area contributed by atoms with Crippen LogP contribution in [0, 0.1) is 0 Å².